The van der Waals surface area contributed by atoms with E-state index in [-0.39, 0.29) is 16.1 Å². The Morgan fingerprint density at radius 1 is 1.12 bits per heavy atom. The molecule has 7 heteroatoms. The predicted octanol–water partition coefficient (Wildman–Crippen LogP) is 3.33. The molecule has 0 saturated carbocycles. The van der Waals surface area contributed by atoms with Crippen molar-refractivity contribution in [3.63, 3.8) is 0 Å². The van der Waals surface area contributed by atoms with Crippen molar-refractivity contribution in [2.24, 2.45) is 12.2 Å². The number of carbonyl (C=O) groups excluding carboxylic acids is 1. The lowest BCUT2D eigenvalue weighted by atomic mass is 10.2. The first kappa shape index (κ1) is 17.7. The third kappa shape index (κ3) is 3.32. The van der Waals surface area contributed by atoms with Gasteiger partial charge in [0.15, 0.2) is 0 Å². The van der Waals surface area contributed by atoms with Gasteiger partial charge in [-0.1, -0.05) is 47.1 Å². The van der Waals surface area contributed by atoms with Crippen LogP contribution in [-0.4, -0.2) is 21.5 Å². The van der Waals surface area contributed by atoms with Gasteiger partial charge in [0, 0.05) is 12.7 Å². The predicted molar refractivity (Wildman–Crippen MR) is 100 cm³/mol. The number of oxime groups is 1. The molecule has 0 aliphatic heterocycles. The smallest absolute Gasteiger partial charge is 0.313 e. The van der Waals surface area contributed by atoms with Gasteiger partial charge in [0.25, 0.3) is 5.56 Å². The molecule has 0 radical (unpaired) electrons. The third-order valence-corrected chi connectivity index (χ3v) is 4.34. The van der Waals surface area contributed by atoms with Crippen molar-refractivity contribution in [1.82, 2.24) is 9.36 Å². The summed E-state index contributed by atoms with van der Waals surface area (Å²) in [6.07, 6.45) is 1.24. The van der Waals surface area contributed by atoms with Crippen molar-refractivity contribution in [2.45, 2.75) is 6.92 Å². The van der Waals surface area contributed by atoms with Crippen molar-refractivity contribution in [2.75, 3.05) is 0 Å². The molecule has 1 heterocycles. The van der Waals surface area contributed by atoms with Crippen LogP contribution in [0.25, 0.3) is 5.69 Å². The van der Waals surface area contributed by atoms with Crippen LogP contribution >= 0.6 is 11.6 Å². The van der Waals surface area contributed by atoms with E-state index >= 15 is 0 Å². The van der Waals surface area contributed by atoms with Crippen molar-refractivity contribution in [1.29, 1.82) is 0 Å². The Hall–Kier alpha value is -3.12. The Morgan fingerprint density at radius 3 is 2.46 bits per heavy atom. The first-order valence-corrected chi connectivity index (χ1v) is 8.21. The standard InChI is InChI=1S/C19H16ClN3O3/c1-13-16(12-21-26-19(25)15-10-6-7-11-17(15)20)18(24)23(22(13)2)14-8-4-3-5-9-14/h3-12H,1-2H3/b21-12-. The number of nitrogens with zero attached hydrogens (tertiary/aromatic N) is 3. The molecule has 0 N–H and O–H groups in total. The summed E-state index contributed by atoms with van der Waals surface area (Å²) in [5.41, 5.74) is 1.71. The van der Waals surface area contributed by atoms with Crippen molar-refractivity contribution >= 4 is 23.8 Å². The van der Waals surface area contributed by atoms with Gasteiger partial charge >= 0.3 is 5.97 Å². The molecule has 132 valence electrons. The van der Waals surface area contributed by atoms with Crippen LogP contribution in [0.2, 0.25) is 5.02 Å². The molecular weight excluding hydrogens is 354 g/mol. The molecule has 0 bridgehead atoms. The number of halogens is 1. The fourth-order valence-corrected chi connectivity index (χ4v) is 2.75. The Balaban J connectivity index is 1.87. The van der Waals surface area contributed by atoms with E-state index in [4.69, 9.17) is 16.4 Å². The number of para-hydroxylation sites is 1. The summed E-state index contributed by atoms with van der Waals surface area (Å²) >= 11 is 5.95. The monoisotopic (exact) mass is 369 g/mol. The second-order valence-corrected chi connectivity index (χ2v) is 5.98. The highest BCUT2D eigenvalue weighted by Crippen LogP contribution is 2.16. The molecule has 1 aromatic heterocycles. The van der Waals surface area contributed by atoms with Crippen LogP contribution in [0, 0.1) is 6.92 Å². The maximum Gasteiger partial charge on any atom is 0.367 e. The molecule has 26 heavy (non-hydrogen) atoms. The number of carbonyl (C=O) groups is 1. The van der Waals surface area contributed by atoms with Crippen LogP contribution < -0.4 is 5.56 Å². The Bertz CT molecular complexity index is 1040. The molecule has 0 saturated heterocycles. The second kappa shape index (κ2) is 7.41. The van der Waals surface area contributed by atoms with Crippen LogP contribution in [0.5, 0.6) is 0 Å². The van der Waals surface area contributed by atoms with E-state index in [0.717, 1.165) is 5.69 Å². The number of benzene rings is 2. The topological polar surface area (TPSA) is 65.6 Å². The molecule has 3 rings (SSSR count). The van der Waals surface area contributed by atoms with E-state index in [0.29, 0.717) is 11.3 Å². The highest BCUT2D eigenvalue weighted by molar-refractivity contribution is 6.33. The SMILES string of the molecule is Cc1c(/C=N\OC(=O)c2ccccc2Cl)c(=O)n(-c2ccccc2)n1C. The lowest BCUT2D eigenvalue weighted by Gasteiger charge is -2.07. The van der Waals surface area contributed by atoms with Crippen LogP contribution in [-0.2, 0) is 11.9 Å². The summed E-state index contributed by atoms with van der Waals surface area (Å²) in [4.78, 5) is 29.6. The van der Waals surface area contributed by atoms with Gasteiger partial charge in [-0.2, -0.15) is 0 Å². The molecule has 0 amide bonds. The fourth-order valence-electron chi connectivity index (χ4n) is 2.54. The van der Waals surface area contributed by atoms with E-state index in [9.17, 15) is 9.59 Å². The second-order valence-electron chi connectivity index (χ2n) is 5.57. The van der Waals surface area contributed by atoms with Gasteiger partial charge in [0.1, 0.15) is 0 Å². The van der Waals surface area contributed by atoms with Crippen molar-refractivity contribution in [3.05, 3.63) is 86.8 Å². The maximum absolute atomic E-state index is 12.7. The largest absolute Gasteiger partial charge is 0.367 e. The Morgan fingerprint density at radius 2 is 1.77 bits per heavy atom. The Kier molecular flexibility index (Phi) is 5.04. The molecule has 3 aromatic rings. The summed E-state index contributed by atoms with van der Waals surface area (Å²) in [5.74, 6) is -0.691. The van der Waals surface area contributed by atoms with E-state index in [2.05, 4.69) is 5.16 Å². The summed E-state index contributed by atoms with van der Waals surface area (Å²) in [6.45, 7) is 1.79. The minimum atomic E-state index is -0.691. The van der Waals surface area contributed by atoms with Crippen LogP contribution in [0.15, 0.2) is 64.5 Å². The molecule has 6 nitrogen and oxygen atoms in total. The van der Waals surface area contributed by atoms with E-state index in [1.807, 2.05) is 30.3 Å². The normalized spacial score (nSPS) is 11.0. The van der Waals surface area contributed by atoms with Gasteiger partial charge in [-0.25, -0.2) is 9.48 Å². The first-order chi connectivity index (χ1) is 12.5. The van der Waals surface area contributed by atoms with Crippen LogP contribution in [0.1, 0.15) is 21.6 Å². The lowest BCUT2D eigenvalue weighted by Crippen LogP contribution is -2.20. The molecule has 0 spiro atoms. The van der Waals surface area contributed by atoms with Crippen LogP contribution in [0.4, 0.5) is 0 Å². The van der Waals surface area contributed by atoms with Gasteiger partial charge in [-0.05, 0) is 31.2 Å². The van der Waals surface area contributed by atoms with Gasteiger partial charge < -0.3 is 4.84 Å². The summed E-state index contributed by atoms with van der Waals surface area (Å²) in [5, 5.41) is 3.94. The number of aromatic nitrogens is 2. The first-order valence-electron chi connectivity index (χ1n) is 7.84. The molecule has 0 aliphatic carbocycles. The third-order valence-electron chi connectivity index (χ3n) is 4.01. The van der Waals surface area contributed by atoms with Gasteiger partial charge in [-0.15, -0.1) is 0 Å². The maximum atomic E-state index is 12.7. The van der Waals surface area contributed by atoms with E-state index in [1.165, 1.54) is 17.0 Å². The number of hydrogen-bond donors (Lipinski definition) is 0. The van der Waals surface area contributed by atoms with Crippen molar-refractivity contribution < 1.29 is 9.63 Å². The summed E-state index contributed by atoms with van der Waals surface area (Å²) in [6, 6.07) is 15.7. The molecule has 0 aliphatic rings. The molecule has 0 unspecified atom stereocenters. The highest BCUT2D eigenvalue weighted by atomic mass is 35.5. The zero-order valence-electron chi connectivity index (χ0n) is 14.2. The van der Waals surface area contributed by atoms with Gasteiger partial charge in [0.2, 0.25) is 0 Å². The minimum absolute atomic E-state index is 0.206. The molecular formula is C19H16ClN3O3. The van der Waals surface area contributed by atoms with Gasteiger partial charge in [-0.3, -0.25) is 9.48 Å². The highest BCUT2D eigenvalue weighted by Gasteiger charge is 2.15. The summed E-state index contributed by atoms with van der Waals surface area (Å²) < 4.78 is 3.24. The molecule has 0 atom stereocenters. The lowest BCUT2D eigenvalue weighted by molar-refractivity contribution is 0.0519. The van der Waals surface area contributed by atoms with Gasteiger partial charge in [0.05, 0.1) is 28.1 Å². The van der Waals surface area contributed by atoms with Crippen molar-refractivity contribution in [3.8, 4) is 5.69 Å². The average molecular weight is 370 g/mol. The summed E-state index contributed by atoms with van der Waals surface area (Å²) in [7, 11) is 1.77. The van der Waals surface area contributed by atoms with E-state index in [1.54, 1.807) is 36.9 Å². The zero-order chi connectivity index (χ0) is 18.7. The quantitative estimate of drug-likeness (QED) is 0.402. The molecule has 0 fully saturated rings. The number of rotatable bonds is 4. The minimum Gasteiger partial charge on any atom is -0.313 e. The average Bonchev–Trinajstić information content (AvgIpc) is 2.86. The Labute approximate surface area is 154 Å². The zero-order valence-corrected chi connectivity index (χ0v) is 15.0. The fraction of sp³-hybridized carbons (Fsp3) is 0.105. The van der Waals surface area contributed by atoms with E-state index < -0.39 is 5.97 Å². The number of hydrogen-bond acceptors (Lipinski definition) is 4. The molecule has 2 aromatic carbocycles. The van der Waals surface area contributed by atoms with Crippen LogP contribution in [0.3, 0.4) is 0 Å².